The van der Waals surface area contributed by atoms with Crippen molar-refractivity contribution in [3.8, 4) is 0 Å². The summed E-state index contributed by atoms with van der Waals surface area (Å²) in [6, 6.07) is 13.0. The predicted octanol–water partition coefficient (Wildman–Crippen LogP) is 3.22. The van der Waals surface area contributed by atoms with Gasteiger partial charge in [0, 0.05) is 0 Å². The second-order valence-electron chi connectivity index (χ2n) is 5.53. The first kappa shape index (κ1) is 17.0. The molecule has 25 heavy (non-hydrogen) atoms. The number of hydrogen-bond acceptors (Lipinski definition) is 3. The van der Waals surface area contributed by atoms with Crippen molar-refractivity contribution in [2.24, 2.45) is 0 Å². The first-order chi connectivity index (χ1) is 12.0. The molecule has 0 atom stereocenters. The summed E-state index contributed by atoms with van der Waals surface area (Å²) in [4.78, 5) is 26.2. The van der Waals surface area contributed by atoms with Gasteiger partial charge in [0.15, 0.2) is 5.11 Å². The molecule has 6 heteroatoms. The lowest BCUT2D eigenvalue weighted by Gasteiger charge is -2.29. The van der Waals surface area contributed by atoms with Crippen molar-refractivity contribution in [1.82, 2.24) is 5.32 Å². The first-order valence-corrected chi connectivity index (χ1v) is 8.16. The van der Waals surface area contributed by atoms with E-state index in [9.17, 15) is 14.0 Å². The van der Waals surface area contributed by atoms with Gasteiger partial charge in [-0.15, -0.1) is 0 Å². The molecule has 1 aliphatic rings. The summed E-state index contributed by atoms with van der Waals surface area (Å²) in [5.41, 5.74) is 2.02. The van der Waals surface area contributed by atoms with Gasteiger partial charge in [-0.25, -0.2) is 4.39 Å². The number of nitrogens with one attached hydrogen (secondary N) is 1. The lowest BCUT2D eigenvalue weighted by molar-refractivity contribution is -0.122. The number of benzene rings is 2. The quantitative estimate of drug-likeness (QED) is 0.523. The van der Waals surface area contributed by atoms with E-state index in [1.54, 1.807) is 18.2 Å². The Morgan fingerprint density at radius 3 is 2.52 bits per heavy atom. The highest BCUT2D eigenvalue weighted by atomic mass is 32.1. The average molecular weight is 354 g/mol. The van der Waals surface area contributed by atoms with Gasteiger partial charge in [0.1, 0.15) is 11.4 Å². The smallest absolute Gasteiger partial charge is 0.270 e. The number of thiocarbonyl (C=S) groups is 1. The number of rotatable bonds is 3. The van der Waals surface area contributed by atoms with E-state index < -0.39 is 17.6 Å². The van der Waals surface area contributed by atoms with Gasteiger partial charge in [-0.1, -0.05) is 31.2 Å². The van der Waals surface area contributed by atoms with Crippen LogP contribution in [0.2, 0.25) is 0 Å². The van der Waals surface area contributed by atoms with E-state index in [1.165, 1.54) is 29.2 Å². The highest BCUT2D eigenvalue weighted by molar-refractivity contribution is 7.80. The minimum Gasteiger partial charge on any atom is -0.298 e. The van der Waals surface area contributed by atoms with Crippen LogP contribution in [-0.2, 0) is 16.0 Å². The molecule has 1 fully saturated rings. The van der Waals surface area contributed by atoms with Gasteiger partial charge >= 0.3 is 0 Å². The van der Waals surface area contributed by atoms with Gasteiger partial charge in [0.2, 0.25) is 0 Å². The van der Waals surface area contributed by atoms with E-state index in [4.69, 9.17) is 12.2 Å². The molecule has 3 rings (SSSR count). The van der Waals surface area contributed by atoms with Gasteiger partial charge < -0.3 is 0 Å². The van der Waals surface area contributed by atoms with Crippen LogP contribution in [0.4, 0.5) is 10.1 Å². The number of hydrogen-bond donors (Lipinski definition) is 1. The van der Waals surface area contributed by atoms with Crippen LogP contribution in [0, 0.1) is 5.82 Å². The molecular weight excluding hydrogens is 339 g/mol. The molecule has 1 heterocycles. The van der Waals surface area contributed by atoms with Crippen LogP contribution >= 0.6 is 12.2 Å². The monoisotopic (exact) mass is 354 g/mol. The third kappa shape index (κ3) is 3.49. The Morgan fingerprint density at radius 1 is 1.16 bits per heavy atom. The Bertz CT molecular complexity index is 891. The van der Waals surface area contributed by atoms with Crippen LogP contribution in [0.1, 0.15) is 18.1 Å². The van der Waals surface area contributed by atoms with E-state index in [-0.39, 0.29) is 10.7 Å². The molecule has 1 N–H and O–H groups in total. The van der Waals surface area contributed by atoms with Crippen LogP contribution in [0.15, 0.2) is 54.1 Å². The third-order valence-electron chi connectivity index (χ3n) is 3.86. The van der Waals surface area contributed by atoms with Crippen molar-refractivity contribution in [2.75, 3.05) is 4.90 Å². The lowest BCUT2D eigenvalue weighted by atomic mass is 10.1. The van der Waals surface area contributed by atoms with Crippen LogP contribution in [0.3, 0.4) is 0 Å². The van der Waals surface area contributed by atoms with Crippen molar-refractivity contribution in [3.05, 3.63) is 71.0 Å². The van der Waals surface area contributed by atoms with Crippen LogP contribution in [0.25, 0.3) is 6.08 Å². The van der Waals surface area contributed by atoms with Crippen molar-refractivity contribution in [3.63, 3.8) is 0 Å². The fraction of sp³-hybridized carbons (Fsp3) is 0.105. The number of aryl methyl sites for hydroxylation is 1. The summed E-state index contributed by atoms with van der Waals surface area (Å²) < 4.78 is 13.3. The molecule has 0 aromatic heterocycles. The number of halogens is 1. The molecule has 126 valence electrons. The van der Waals surface area contributed by atoms with Crippen molar-refractivity contribution in [1.29, 1.82) is 0 Å². The van der Waals surface area contributed by atoms with E-state index in [2.05, 4.69) is 5.32 Å². The van der Waals surface area contributed by atoms with E-state index in [1.807, 2.05) is 19.1 Å². The molecule has 1 saturated heterocycles. The van der Waals surface area contributed by atoms with Crippen LogP contribution in [-0.4, -0.2) is 16.9 Å². The highest BCUT2D eigenvalue weighted by Crippen LogP contribution is 2.22. The third-order valence-corrected chi connectivity index (χ3v) is 4.15. The van der Waals surface area contributed by atoms with Crippen LogP contribution < -0.4 is 10.2 Å². The van der Waals surface area contributed by atoms with Gasteiger partial charge in [-0.05, 0) is 60.1 Å². The molecule has 0 aliphatic carbocycles. The number of carbonyl (C=O) groups is 2. The Hall–Kier alpha value is -2.86. The fourth-order valence-corrected chi connectivity index (χ4v) is 2.82. The molecule has 0 bridgehead atoms. The summed E-state index contributed by atoms with van der Waals surface area (Å²) in [7, 11) is 0. The second kappa shape index (κ2) is 6.94. The van der Waals surface area contributed by atoms with Gasteiger partial charge in [-0.3, -0.25) is 19.8 Å². The molecule has 0 unspecified atom stereocenters. The largest absolute Gasteiger partial charge is 0.298 e. The molecule has 2 aromatic rings. The Kier molecular flexibility index (Phi) is 4.72. The molecule has 0 radical (unpaired) electrons. The van der Waals surface area contributed by atoms with E-state index >= 15 is 0 Å². The normalized spacial score (nSPS) is 16.3. The maximum atomic E-state index is 13.3. The molecule has 2 amide bonds. The zero-order valence-electron chi connectivity index (χ0n) is 13.5. The first-order valence-electron chi connectivity index (χ1n) is 7.75. The molecule has 1 aliphatic heterocycles. The zero-order valence-corrected chi connectivity index (χ0v) is 14.3. The number of amides is 2. The Labute approximate surface area is 150 Å². The maximum Gasteiger partial charge on any atom is 0.270 e. The molecule has 4 nitrogen and oxygen atoms in total. The minimum absolute atomic E-state index is 0.0237. The van der Waals surface area contributed by atoms with Crippen LogP contribution in [0.5, 0.6) is 0 Å². The van der Waals surface area contributed by atoms with E-state index in [0.29, 0.717) is 11.3 Å². The van der Waals surface area contributed by atoms with Crippen molar-refractivity contribution >= 4 is 40.9 Å². The SMILES string of the molecule is CCc1ccc(N2C(=O)/C(=C/c3cccc(F)c3)C(=O)NC2=S)cc1. The van der Waals surface area contributed by atoms with Crippen molar-refractivity contribution < 1.29 is 14.0 Å². The number of nitrogens with zero attached hydrogens (tertiary/aromatic N) is 1. The number of anilines is 1. The summed E-state index contributed by atoms with van der Waals surface area (Å²) in [5.74, 6) is -1.58. The second-order valence-corrected chi connectivity index (χ2v) is 5.92. The summed E-state index contributed by atoms with van der Waals surface area (Å²) >= 11 is 5.15. The van der Waals surface area contributed by atoms with Gasteiger partial charge in [-0.2, -0.15) is 0 Å². The fourth-order valence-electron chi connectivity index (χ4n) is 2.54. The van der Waals surface area contributed by atoms with Crippen molar-refractivity contribution in [2.45, 2.75) is 13.3 Å². The highest BCUT2D eigenvalue weighted by Gasteiger charge is 2.34. The Balaban J connectivity index is 1.99. The van der Waals surface area contributed by atoms with E-state index in [0.717, 1.165) is 12.0 Å². The molecule has 0 saturated carbocycles. The molecule has 0 spiro atoms. The molecule has 2 aromatic carbocycles. The predicted molar refractivity (Wildman–Crippen MR) is 98.4 cm³/mol. The van der Waals surface area contributed by atoms with Gasteiger partial charge in [0.05, 0.1) is 5.69 Å². The van der Waals surface area contributed by atoms with Gasteiger partial charge in [0.25, 0.3) is 11.8 Å². The standard InChI is InChI=1S/C19H15FN2O2S/c1-2-12-6-8-15(9-7-12)22-18(24)16(17(23)21-19(22)25)11-13-4-3-5-14(20)10-13/h3-11H,2H2,1H3,(H,21,23,25)/b16-11+. The zero-order chi connectivity index (χ0) is 18.0. The topological polar surface area (TPSA) is 49.4 Å². The minimum atomic E-state index is -0.597. The Morgan fingerprint density at radius 2 is 1.88 bits per heavy atom. The summed E-state index contributed by atoms with van der Waals surface area (Å²) in [6.45, 7) is 2.03. The average Bonchev–Trinajstić information content (AvgIpc) is 2.59. The molecular formula is C19H15FN2O2S. The summed E-state index contributed by atoms with van der Waals surface area (Å²) in [6.07, 6.45) is 2.23. The number of carbonyl (C=O) groups excluding carboxylic acids is 2. The maximum absolute atomic E-state index is 13.3. The lowest BCUT2D eigenvalue weighted by Crippen LogP contribution is -2.54. The summed E-state index contributed by atoms with van der Waals surface area (Å²) in [5, 5.41) is 2.53.